The molecule has 0 aliphatic carbocycles. The van der Waals surface area contributed by atoms with E-state index in [0.29, 0.717) is 6.54 Å². The molecule has 0 radical (unpaired) electrons. The molecule has 2 aromatic carbocycles. The summed E-state index contributed by atoms with van der Waals surface area (Å²) in [5.74, 6) is -2.15. The number of rotatable bonds is 5. The van der Waals surface area contributed by atoms with Gasteiger partial charge in [0.2, 0.25) is 5.91 Å². The first-order chi connectivity index (χ1) is 12.0. The van der Waals surface area contributed by atoms with Gasteiger partial charge in [-0.05, 0) is 17.7 Å². The number of nitrogens with zero attached hydrogens (tertiary/aromatic N) is 2. The molecule has 2 aromatic rings. The Kier molecular flexibility index (Phi) is 4.61. The third-order valence-corrected chi connectivity index (χ3v) is 4.19. The van der Waals surface area contributed by atoms with Crippen LogP contribution in [0.2, 0.25) is 0 Å². The third kappa shape index (κ3) is 3.28. The molecule has 0 N–H and O–H groups in total. The fourth-order valence-corrected chi connectivity index (χ4v) is 2.84. The number of hydrogen-bond donors (Lipinski definition) is 0. The highest BCUT2D eigenvalue weighted by atomic mass is 19.1. The maximum atomic E-state index is 13.8. The van der Waals surface area contributed by atoms with Gasteiger partial charge < -0.3 is 4.90 Å². The van der Waals surface area contributed by atoms with Gasteiger partial charge in [-0.2, -0.15) is 0 Å². The van der Waals surface area contributed by atoms with Crippen molar-refractivity contribution in [2.75, 3.05) is 13.6 Å². The fraction of sp³-hybridized carbons (Fsp3) is 0.211. The monoisotopic (exact) mass is 340 g/mol. The van der Waals surface area contributed by atoms with E-state index in [1.54, 1.807) is 7.05 Å². The zero-order valence-electron chi connectivity index (χ0n) is 13.7. The van der Waals surface area contributed by atoms with Crippen LogP contribution in [0.25, 0.3) is 0 Å². The summed E-state index contributed by atoms with van der Waals surface area (Å²) in [6, 6.07) is 13.5. The maximum Gasteiger partial charge on any atom is 0.264 e. The van der Waals surface area contributed by atoms with Crippen molar-refractivity contribution in [3.8, 4) is 0 Å². The summed E-state index contributed by atoms with van der Waals surface area (Å²) in [4.78, 5) is 39.2. The Morgan fingerprint density at radius 2 is 1.76 bits per heavy atom. The molecule has 128 valence electrons. The molecule has 0 spiro atoms. The van der Waals surface area contributed by atoms with Crippen LogP contribution in [-0.2, 0) is 11.3 Å². The number of halogens is 1. The third-order valence-electron chi connectivity index (χ3n) is 4.19. The first kappa shape index (κ1) is 16.8. The van der Waals surface area contributed by atoms with E-state index in [0.717, 1.165) is 16.5 Å². The lowest BCUT2D eigenvalue weighted by Gasteiger charge is -2.19. The van der Waals surface area contributed by atoms with Crippen molar-refractivity contribution >= 4 is 17.7 Å². The Morgan fingerprint density at radius 3 is 2.44 bits per heavy atom. The molecule has 3 amide bonds. The van der Waals surface area contributed by atoms with E-state index >= 15 is 0 Å². The van der Waals surface area contributed by atoms with E-state index in [2.05, 4.69) is 0 Å². The quantitative estimate of drug-likeness (QED) is 0.786. The summed E-state index contributed by atoms with van der Waals surface area (Å²) in [5.41, 5.74) is 0.828. The van der Waals surface area contributed by atoms with Crippen molar-refractivity contribution in [2.45, 2.75) is 13.0 Å². The van der Waals surface area contributed by atoms with E-state index in [1.165, 1.54) is 17.0 Å². The van der Waals surface area contributed by atoms with Crippen LogP contribution < -0.4 is 0 Å². The van der Waals surface area contributed by atoms with Crippen molar-refractivity contribution < 1.29 is 18.8 Å². The Morgan fingerprint density at radius 1 is 1.04 bits per heavy atom. The average Bonchev–Trinajstić information content (AvgIpc) is 2.85. The summed E-state index contributed by atoms with van der Waals surface area (Å²) in [6.07, 6.45) is -0.00355. The molecule has 0 saturated carbocycles. The Balaban J connectivity index is 1.62. The molecule has 3 rings (SSSR count). The highest BCUT2D eigenvalue weighted by Crippen LogP contribution is 2.25. The van der Waals surface area contributed by atoms with Crippen molar-refractivity contribution in [3.63, 3.8) is 0 Å². The molecule has 5 nitrogen and oxygen atoms in total. The van der Waals surface area contributed by atoms with Crippen LogP contribution in [0.4, 0.5) is 4.39 Å². The molecule has 0 atom stereocenters. The number of fused-ring (bicyclic) bond motifs is 1. The number of carbonyl (C=O) groups is 3. The van der Waals surface area contributed by atoms with Crippen LogP contribution in [0.1, 0.15) is 32.7 Å². The summed E-state index contributed by atoms with van der Waals surface area (Å²) < 4.78 is 13.8. The lowest BCUT2D eigenvalue weighted by Crippen LogP contribution is -2.35. The first-order valence-corrected chi connectivity index (χ1v) is 7.91. The van der Waals surface area contributed by atoms with Crippen LogP contribution in [0.3, 0.4) is 0 Å². The Labute approximate surface area is 144 Å². The van der Waals surface area contributed by atoms with E-state index in [1.807, 2.05) is 30.3 Å². The molecular formula is C19H17FN2O3. The molecule has 0 unspecified atom stereocenters. The number of amides is 3. The van der Waals surface area contributed by atoms with Gasteiger partial charge in [0, 0.05) is 26.6 Å². The summed E-state index contributed by atoms with van der Waals surface area (Å²) in [7, 11) is 1.66. The van der Waals surface area contributed by atoms with Gasteiger partial charge in [0.15, 0.2) is 0 Å². The maximum absolute atomic E-state index is 13.8. The van der Waals surface area contributed by atoms with Gasteiger partial charge in [0.1, 0.15) is 5.82 Å². The largest absolute Gasteiger partial charge is 0.341 e. The molecule has 0 fully saturated rings. The van der Waals surface area contributed by atoms with Crippen LogP contribution in [0, 0.1) is 5.82 Å². The Hall–Kier alpha value is -3.02. The van der Waals surface area contributed by atoms with Crippen molar-refractivity contribution in [1.82, 2.24) is 9.80 Å². The van der Waals surface area contributed by atoms with Gasteiger partial charge in [-0.1, -0.05) is 36.4 Å². The highest BCUT2D eigenvalue weighted by Gasteiger charge is 2.37. The van der Waals surface area contributed by atoms with Crippen molar-refractivity contribution in [3.05, 3.63) is 71.0 Å². The summed E-state index contributed by atoms with van der Waals surface area (Å²) in [6.45, 7) is 0.375. The van der Waals surface area contributed by atoms with Gasteiger partial charge in [0.05, 0.1) is 11.1 Å². The van der Waals surface area contributed by atoms with Gasteiger partial charge in [-0.15, -0.1) is 0 Å². The van der Waals surface area contributed by atoms with Gasteiger partial charge in [0.25, 0.3) is 11.8 Å². The van der Waals surface area contributed by atoms with Gasteiger partial charge >= 0.3 is 0 Å². The first-order valence-electron chi connectivity index (χ1n) is 7.91. The standard InChI is InChI=1S/C19H17FN2O3/c1-21(12-13-6-3-2-4-7-13)16(23)10-11-22-18(24)14-8-5-9-15(20)17(14)19(22)25/h2-9H,10-12H2,1H3. The van der Waals surface area contributed by atoms with Crippen LogP contribution in [-0.4, -0.2) is 41.1 Å². The predicted molar refractivity (Wildman–Crippen MR) is 89.3 cm³/mol. The molecule has 0 bridgehead atoms. The zero-order valence-corrected chi connectivity index (χ0v) is 13.7. The van der Waals surface area contributed by atoms with Crippen molar-refractivity contribution in [2.24, 2.45) is 0 Å². The van der Waals surface area contributed by atoms with Crippen LogP contribution >= 0.6 is 0 Å². The number of benzene rings is 2. The lowest BCUT2D eigenvalue weighted by molar-refractivity contribution is -0.130. The molecule has 6 heteroatoms. The molecule has 25 heavy (non-hydrogen) atoms. The van der Waals surface area contributed by atoms with Gasteiger partial charge in [-0.3, -0.25) is 19.3 Å². The van der Waals surface area contributed by atoms with Crippen molar-refractivity contribution in [1.29, 1.82) is 0 Å². The molecule has 1 heterocycles. The summed E-state index contributed by atoms with van der Waals surface area (Å²) >= 11 is 0. The second kappa shape index (κ2) is 6.84. The van der Waals surface area contributed by atoms with E-state index < -0.39 is 17.6 Å². The number of carbonyl (C=O) groups excluding carboxylic acids is 3. The molecular weight excluding hydrogens is 323 g/mol. The minimum absolute atomic E-state index is 0.00355. The topological polar surface area (TPSA) is 57.7 Å². The minimum Gasteiger partial charge on any atom is -0.341 e. The van der Waals surface area contributed by atoms with E-state index in [9.17, 15) is 18.8 Å². The smallest absolute Gasteiger partial charge is 0.264 e. The van der Waals surface area contributed by atoms with Crippen LogP contribution in [0.15, 0.2) is 48.5 Å². The molecule has 1 aliphatic rings. The molecule has 0 aromatic heterocycles. The number of hydrogen-bond acceptors (Lipinski definition) is 3. The van der Waals surface area contributed by atoms with Crippen LogP contribution in [0.5, 0.6) is 0 Å². The minimum atomic E-state index is -0.717. The van der Waals surface area contributed by atoms with Gasteiger partial charge in [-0.25, -0.2) is 4.39 Å². The summed E-state index contributed by atoms with van der Waals surface area (Å²) in [5, 5.41) is 0. The zero-order chi connectivity index (χ0) is 18.0. The predicted octanol–water partition coefficient (Wildman–Crippen LogP) is 2.47. The van der Waals surface area contributed by atoms with E-state index in [-0.39, 0.29) is 30.0 Å². The Bertz CT molecular complexity index is 836. The fourth-order valence-electron chi connectivity index (χ4n) is 2.84. The second-order valence-corrected chi connectivity index (χ2v) is 5.91. The highest BCUT2D eigenvalue weighted by molar-refractivity contribution is 6.21. The molecule has 1 aliphatic heterocycles. The number of imide groups is 1. The SMILES string of the molecule is CN(Cc1ccccc1)C(=O)CCN1C(=O)c2cccc(F)c2C1=O. The van der Waals surface area contributed by atoms with E-state index in [4.69, 9.17) is 0 Å². The molecule has 0 saturated heterocycles. The lowest BCUT2D eigenvalue weighted by atomic mass is 10.1. The second-order valence-electron chi connectivity index (χ2n) is 5.91. The average molecular weight is 340 g/mol. The normalized spacial score (nSPS) is 13.1.